The van der Waals surface area contributed by atoms with Gasteiger partial charge >= 0.3 is 5.97 Å². The molecule has 1 aromatic carbocycles. The van der Waals surface area contributed by atoms with E-state index in [-0.39, 0.29) is 6.42 Å². The predicted molar refractivity (Wildman–Crippen MR) is 86.2 cm³/mol. The Kier molecular flexibility index (Phi) is 3.90. The lowest BCUT2D eigenvalue weighted by Gasteiger charge is -1.98. The highest BCUT2D eigenvalue weighted by Crippen LogP contribution is 2.29. The third kappa shape index (κ3) is 3.22. The molecule has 0 aliphatic carbocycles. The average Bonchev–Trinajstić information content (AvgIpc) is 3.03. The second kappa shape index (κ2) is 5.83. The highest BCUT2D eigenvalue weighted by molar-refractivity contribution is 9.11. The number of para-hydroxylation sites is 2. The standard InChI is InChI=1S/C15H10BrNO3S/c16-13-6-5-10(21-13)7-9(8-14(18)19)15-17-11-3-1-2-4-12(11)20-15/h1-7H,8H2,(H,18,19)/b9-7+. The van der Waals surface area contributed by atoms with Crippen LogP contribution in [0.15, 0.2) is 44.6 Å². The Morgan fingerprint density at radius 3 is 2.81 bits per heavy atom. The minimum absolute atomic E-state index is 0.137. The number of thiophene rings is 1. The van der Waals surface area contributed by atoms with E-state index in [1.807, 2.05) is 36.4 Å². The molecule has 4 nitrogen and oxygen atoms in total. The third-order valence-corrected chi connectivity index (χ3v) is 4.39. The van der Waals surface area contributed by atoms with Gasteiger partial charge in [0.2, 0.25) is 5.89 Å². The summed E-state index contributed by atoms with van der Waals surface area (Å²) in [5, 5.41) is 9.09. The molecular formula is C15H10BrNO3S. The molecule has 0 aliphatic heterocycles. The van der Waals surface area contributed by atoms with E-state index >= 15 is 0 Å². The number of hydrogen-bond acceptors (Lipinski definition) is 4. The molecule has 3 rings (SSSR count). The van der Waals surface area contributed by atoms with Crippen molar-refractivity contribution in [3.05, 3.63) is 51.0 Å². The number of aromatic nitrogens is 1. The van der Waals surface area contributed by atoms with Gasteiger partial charge in [0, 0.05) is 10.5 Å². The number of carboxylic acid groups (broad SMARTS) is 1. The van der Waals surface area contributed by atoms with E-state index in [1.165, 1.54) is 11.3 Å². The fraction of sp³-hybridized carbons (Fsp3) is 0.0667. The number of benzene rings is 1. The molecule has 21 heavy (non-hydrogen) atoms. The highest BCUT2D eigenvalue weighted by Gasteiger charge is 2.14. The molecule has 0 saturated carbocycles. The van der Waals surface area contributed by atoms with Gasteiger partial charge in [-0.15, -0.1) is 11.3 Å². The van der Waals surface area contributed by atoms with Gasteiger partial charge in [0.15, 0.2) is 5.58 Å². The molecule has 6 heteroatoms. The van der Waals surface area contributed by atoms with Gasteiger partial charge in [0.1, 0.15) is 5.52 Å². The zero-order valence-electron chi connectivity index (χ0n) is 10.7. The summed E-state index contributed by atoms with van der Waals surface area (Å²) >= 11 is 4.91. The van der Waals surface area contributed by atoms with Crippen molar-refractivity contribution in [3.63, 3.8) is 0 Å². The molecule has 0 bridgehead atoms. The fourth-order valence-corrected chi connectivity index (χ4v) is 3.33. The largest absolute Gasteiger partial charge is 0.481 e. The predicted octanol–water partition coefficient (Wildman–Crippen LogP) is 4.67. The first-order valence-corrected chi connectivity index (χ1v) is 7.76. The van der Waals surface area contributed by atoms with Crippen molar-refractivity contribution >= 4 is 56.0 Å². The third-order valence-electron chi connectivity index (χ3n) is 2.82. The van der Waals surface area contributed by atoms with Crippen molar-refractivity contribution in [2.75, 3.05) is 0 Å². The summed E-state index contributed by atoms with van der Waals surface area (Å²) in [4.78, 5) is 16.4. The molecule has 0 atom stereocenters. The van der Waals surface area contributed by atoms with E-state index in [1.54, 1.807) is 6.08 Å². The van der Waals surface area contributed by atoms with E-state index in [2.05, 4.69) is 20.9 Å². The molecule has 3 aromatic rings. The Hall–Kier alpha value is -1.92. The van der Waals surface area contributed by atoms with Crippen LogP contribution in [0.2, 0.25) is 0 Å². The van der Waals surface area contributed by atoms with Crippen molar-refractivity contribution in [1.29, 1.82) is 0 Å². The SMILES string of the molecule is O=C(O)C/C(=C\c1ccc(Br)s1)c1nc2ccccc2o1. The number of rotatable bonds is 4. The van der Waals surface area contributed by atoms with Crippen molar-refractivity contribution in [2.24, 2.45) is 0 Å². The number of oxazole rings is 1. The molecule has 106 valence electrons. The van der Waals surface area contributed by atoms with Crippen LogP contribution >= 0.6 is 27.3 Å². The molecule has 2 heterocycles. The molecule has 0 spiro atoms. The van der Waals surface area contributed by atoms with Crippen LogP contribution in [-0.4, -0.2) is 16.1 Å². The van der Waals surface area contributed by atoms with Crippen molar-refractivity contribution < 1.29 is 14.3 Å². The number of halogens is 1. The summed E-state index contributed by atoms with van der Waals surface area (Å²) < 4.78 is 6.65. The molecule has 1 N–H and O–H groups in total. The van der Waals surface area contributed by atoms with E-state index in [4.69, 9.17) is 9.52 Å². The summed E-state index contributed by atoms with van der Waals surface area (Å²) in [6, 6.07) is 11.2. The van der Waals surface area contributed by atoms with Crippen LogP contribution in [0.5, 0.6) is 0 Å². The maximum atomic E-state index is 11.1. The van der Waals surface area contributed by atoms with E-state index in [0.29, 0.717) is 17.0 Å². The first kappa shape index (κ1) is 14.0. The van der Waals surface area contributed by atoms with E-state index in [0.717, 1.165) is 14.2 Å². The molecular weight excluding hydrogens is 354 g/mol. The molecule has 0 radical (unpaired) electrons. The first-order valence-electron chi connectivity index (χ1n) is 6.15. The minimum atomic E-state index is -0.917. The quantitative estimate of drug-likeness (QED) is 0.731. The van der Waals surface area contributed by atoms with Gasteiger partial charge in [-0.1, -0.05) is 12.1 Å². The van der Waals surface area contributed by atoms with Gasteiger partial charge in [-0.2, -0.15) is 0 Å². The number of aliphatic carboxylic acids is 1. The lowest BCUT2D eigenvalue weighted by atomic mass is 10.1. The number of carbonyl (C=O) groups is 1. The van der Waals surface area contributed by atoms with Crippen LogP contribution in [-0.2, 0) is 4.79 Å². The zero-order valence-corrected chi connectivity index (χ0v) is 13.1. The Morgan fingerprint density at radius 2 is 2.14 bits per heavy atom. The summed E-state index contributed by atoms with van der Waals surface area (Å²) in [6.45, 7) is 0. The monoisotopic (exact) mass is 363 g/mol. The Labute approximate surface area is 132 Å². The summed E-state index contributed by atoms with van der Waals surface area (Å²) in [7, 11) is 0. The molecule has 0 aliphatic rings. The van der Waals surface area contributed by atoms with E-state index < -0.39 is 5.97 Å². The maximum absolute atomic E-state index is 11.1. The minimum Gasteiger partial charge on any atom is -0.481 e. The van der Waals surface area contributed by atoms with Gasteiger partial charge in [-0.3, -0.25) is 4.79 Å². The van der Waals surface area contributed by atoms with Gasteiger partial charge in [0.25, 0.3) is 0 Å². The van der Waals surface area contributed by atoms with Gasteiger partial charge in [0.05, 0.1) is 10.2 Å². The van der Waals surface area contributed by atoms with Crippen molar-refractivity contribution in [1.82, 2.24) is 4.98 Å². The van der Waals surface area contributed by atoms with Crippen LogP contribution in [0.4, 0.5) is 0 Å². The van der Waals surface area contributed by atoms with E-state index in [9.17, 15) is 4.79 Å². The van der Waals surface area contributed by atoms with Crippen LogP contribution in [0.3, 0.4) is 0 Å². The lowest BCUT2D eigenvalue weighted by molar-refractivity contribution is -0.135. The number of nitrogens with zero attached hydrogens (tertiary/aromatic N) is 1. The van der Waals surface area contributed by atoms with Crippen LogP contribution < -0.4 is 0 Å². The highest BCUT2D eigenvalue weighted by atomic mass is 79.9. The topological polar surface area (TPSA) is 63.3 Å². The zero-order chi connectivity index (χ0) is 14.8. The Morgan fingerprint density at radius 1 is 1.33 bits per heavy atom. The second-order valence-corrected chi connectivity index (χ2v) is 6.86. The summed E-state index contributed by atoms with van der Waals surface area (Å²) in [6.07, 6.45) is 1.66. The Balaban J connectivity index is 2.06. The molecule has 0 saturated heterocycles. The number of hydrogen-bond donors (Lipinski definition) is 1. The second-order valence-electron chi connectivity index (χ2n) is 4.37. The molecule has 0 amide bonds. The Bertz CT molecular complexity index is 801. The van der Waals surface area contributed by atoms with Gasteiger partial charge in [-0.05, 0) is 46.3 Å². The number of fused-ring (bicyclic) bond motifs is 1. The van der Waals surface area contributed by atoms with Gasteiger partial charge < -0.3 is 9.52 Å². The first-order chi connectivity index (χ1) is 10.1. The van der Waals surface area contributed by atoms with Crippen molar-refractivity contribution in [3.8, 4) is 0 Å². The lowest BCUT2D eigenvalue weighted by Crippen LogP contribution is -1.97. The molecule has 0 fully saturated rings. The van der Waals surface area contributed by atoms with Crippen molar-refractivity contribution in [2.45, 2.75) is 6.42 Å². The summed E-state index contributed by atoms with van der Waals surface area (Å²) in [5.41, 5.74) is 1.92. The van der Waals surface area contributed by atoms with Crippen LogP contribution in [0.1, 0.15) is 17.2 Å². The van der Waals surface area contributed by atoms with Crippen LogP contribution in [0.25, 0.3) is 22.7 Å². The van der Waals surface area contributed by atoms with Gasteiger partial charge in [-0.25, -0.2) is 4.98 Å². The average molecular weight is 364 g/mol. The van der Waals surface area contributed by atoms with Crippen LogP contribution in [0, 0.1) is 0 Å². The summed E-state index contributed by atoms with van der Waals surface area (Å²) in [5.74, 6) is -0.567. The fourth-order valence-electron chi connectivity index (χ4n) is 1.94. The normalized spacial score (nSPS) is 12.0. The maximum Gasteiger partial charge on any atom is 0.308 e. The molecule has 0 unspecified atom stereocenters. The smallest absolute Gasteiger partial charge is 0.308 e. The molecule has 2 aromatic heterocycles. The number of carboxylic acids is 1.